The van der Waals surface area contributed by atoms with Gasteiger partial charge in [0.1, 0.15) is 11.4 Å². The first kappa shape index (κ1) is 19.9. The van der Waals surface area contributed by atoms with E-state index in [1.165, 1.54) is 0 Å². The molecular formula is C20H28N2O4S. The lowest BCUT2D eigenvalue weighted by Gasteiger charge is -2.33. The molecule has 2 fully saturated rings. The van der Waals surface area contributed by atoms with Crippen molar-refractivity contribution >= 4 is 23.6 Å². The third-order valence-corrected chi connectivity index (χ3v) is 6.08. The summed E-state index contributed by atoms with van der Waals surface area (Å²) in [5.74, 6) is 1.93. The number of hydrogen-bond donors (Lipinski definition) is 1. The largest absolute Gasteiger partial charge is 0.493 e. The highest BCUT2D eigenvalue weighted by Crippen LogP contribution is 2.43. The Bertz CT molecular complexity index is 705. The van der Waals surface area contributed by atoms with E-state index >= 15 is 0 Å². The van der Waals surface area contributed by atoms with Crippen molar-refractivity contribution in [3.8, 4) is 11.5 Å². The summed E-state index contributed by atoms with van der Waals surface area (Å²) >= 11 is 1.55. The average Bonchev–Trinajstić information content (AvgIpc) is 3.38. The van der Waals surface area contributed by atoms with Gasteiger partial charge in [-0.3, -0.25) is 9.59 Å². The van der Waals surface area contributed by atoms with Gasteiger partial charge in [-0.05, 0) is 42.9 Å². The number of thioether (sulfide) groups is 1. The van der Waals surface area contributed by atoms with E-state index in [1.807, 2.05) is 18.2 Å². The van der Waals surface area contributed by atoms with E-state index in [2.05, 4.69) is 19.2 Å². The quantitative estimate of drug-likeness (QED) is 0.737. The molecule has 0 spiro atoms. The van der Waals surface area contributed by atoms with Crippen LogP contribution in [0, 0.1) is 5.92 Å². The molecule has 6 nitrogen and oxygen atoms in total. The number of benzene rings is 1. The summed E-state index contributed by atoms with van der Waals surface area (Å²) in [7, 11) is 3.19. The van der Waals surface area contributed by atoms with E-state index in [0.29, 0.717) is 29.6 Å². The van der Waals surface area contributed by atoms with E-state index in [9.17, 15) is 9.59 Å². The van der Waals surface area contributed by atoms with Crippen LogP contribution in [0.4, 0.5) is 0 Å². The van der Waals surface area contributed by atoms with Crippen molar-refractivity contribution in [2.45, 2.75) is 50.6 Å². The Labute approximate surface area is 165 Å². The van der Waals surface area contributed by atoms with Gasteiger partial charge >= 0.3 is 0 Å². The average molecular weight is 393 g/mol. The molecule has 1 aliphatic heterocycles. The van der Waals surface area contributed by atoms with Crippen LogP contribution in [-0.4, -0.2) is 48.8 Å². The molecule has 1 aliphatic carbocycles. The number of hydrogen-bond acceptors (Lipinski definition) is 5. The molecular weight excluding hydrogens is 364 g/mol. The van der Waals surface area contributed by atoms with Crippen molar-refractivity contribution in [3.63, 3.8) is 0 Å². The number of nitrogens with one attached hydrogen (secondary N) is 1. The number of ether oxygens (including phenoxy) is 2. The van der Waals surface area contributed by atoms with Gasteiger partial charge in [-0.2, -0.15) is 0 Å². The normalized spacial score (nSPS) is 20.7. The van der Waals surface area contributed by atoms with Gasteiger partial charge in [-0.1, -0.05) is 19.9 Å². The highest BCUT2D eigenvalue weighted by molar-refractivity contribution is 8.00. The van der Waals surface area contributed by atoms with Crippen molar-refractivity contribution < 1.29 is 19.1 Å². The first-order valence-corrected chi connectivity index (χ1v) is 10.4. The highest BCUT2D eigenvalue weighted by atomic mass is 32.2. The molecule has 0 aromatic heterocycles. The van der Waals surface area contributed by atoms with Gasteiger partial charge in [0.05, 0.1) is 20.0 Å². The van der Waals surface area contributed by atoms with Crippen molar-refractivity contribution in [2.75, 3.05) is 20.0 Å². The van der Waals surface area contributed by atoms with Gasteiger partial charge in [0, 0.05) is 6.04 Å². The van der Waals surface area contributed by atoms with Crippen molar-refractivity contribution in [1.29, 1.82) is 0 Å². The highest BCUT2D eigenvalue weighted by Gasteiger charge is 2.42. The van der Waals surface area contributed by atoms with E-state index in [1.54, 1.807) is 30.9 Å². The van der Waals surface area contributed by atoms with E-state index < -0.39 is 6.04 Å². The van der Waals surface area contributed by atoms with Crippen LogP contribution in [0.2, 0.25) is 0 Å². The fourth-order valence-corrected chi connectivity index (χ4v) is 4.57. The zero-order valence-electron chi connectivity index (χ0n) is 16.4. The number of rotatable bonds is 8. The molecule has 3 rings (SSSR count). The molecule has 0 radical (unpaired) electrons. The zero-order chi connectivity index (χ0) is 19.6. The lowest BCUT2D eigenvalue weighted by molar-refractivity contribution is -0.139. The summed E-state index contributed by atoms with van der Waals surface area (Å²) in [5.41, 5.74) is 0.941. The molecule has 2 atom stereocenters. The zero-order valence-corrected chi connectivity index (χ0v) is 17.2. The molecule has 1 saturated heterocycles. The number of methoxy groups -OCH3 is 2. The topological polar surface area (TPSA) is 67.9 Å². The minimum Gasteiger partial charge on any atom is -0.493 e. The summed E-state index contributed by atoms with van der Waals surface area (Å²) in [5, 5.41) is 2.88. The second-order valence-electron chi connectivity index (χ2n) is 7.51. The second-order valence-corrected chi connectivity index (χ2v) is 8.58. The molecule has 1 aromatic rings. The van der Waals surface area contributed by atoms with Crippen LogP contribution in [0.3, 0.4) is 0 Å². The lowest BCUT2D eigenvalue weighted by atomic mass is 10.0. The Kier molecular flexibility index (Phi) is 6.19. The Balaban J connectivity index is 1.89. The maximum Gasteiger partial charge on any atom is 0.243 e. The smallest absolute Gasteiger partial charge is 0.243 e. The Morgan fingerprint density at radius 2 is 1.96 bits per heavy atom. The minimum atomic E-state index is -0.453. The van der Waals surface area contributed by atoms with Gasteiger partial charge in [-0.15, -0.1) is 11.8 Å². The molecule has 27 heavy (non-hydrogen) atoms. The van der Waals surface area contributed by atoms with Gasteiger partial charge in [0.15, 0.2) is 11.5 Å². The van der Waals surface area contributed by atoms with Crippen LogP contribution in [0.15, 0.2) is 18.2 Å². The van der Waals surface area contributed by atoms with Gasteiger partial charge < -0.3 is 19.7 Å². The summed E-state index contributed by atoms with van der Waals surface area (Å²) in [6, 6.07) is 5.50. The van der Waals surface area contributed by atoms with E-state index in [-0.39, 0.29) is 23.2 Å². The summed E-state index contributed by atoms with van der Waals surface area (Å²) in [6.07, 6.45) is 2.71. The fourth-order valence-electron chi connectivity index (χ4n) is 3.35. The van der Waals surface area contributed by atoms with Crippen LogP contribution in [-0.2, 0) is 9.59 Å². The lowest BCUT2D eigenvalue weighted by Crippen LogP contribution is -2.49. The van der Waals surface area contributed by atoms with Crippen LogP contribution in [0.1, 0.15) is 44.0 Å². The maximum absolute atomic E-state index is 12.9. The van der Waals surface area contributed by atoms with Crippen LogP contribution in [0.5, 0.6) is 11.5 Å². The molecule has 1 heterocycles. The Hall–Kier alpha value is -1.89. The van der Waals surface area contributed by atoms with Gasteiger partial charge in [0.25, 0.3) is 0 Å². The SMILES string of the molecule is COc1ccc(C2SCC(=O)N2C(CC(C)C)C(=O)NC2CC2)cc1OC. The van der Waals surface area contributed by atoms with Crippen LogP contribution in [0.25, 0.3) is 0 Å². The Morgan fingerprint density at radius 1 is 1.26 bits per heavy atom. The third kappa shape index (κ3) is 4.51. The third-order valence-electron chi connectivity index (χ3n) is 4.85. The van der Waals surface area contributed by atoms with Crippen molar-refractivity contribution in [2.24, 2.45) is 5.92 Å². The molecule has 1 aromatic carbocycles. The molecule has 148 valence electrons. The van der Waals surface area contributed by atoms with Crippen LogP contribution >= 0.6 is 11.8 Å². The molecule has 1 N–H and O–H groups in total. The first-order valence-electron chi connectivity index (χ1n) is 9.39. The summed E-state index contributed by atoms with van der Waals surface area (Å²) in [4.78, 5) is 27.4. The summed E-state index contributed by atoms with van der Waals surface area (Å²) < 4.78 is 10.7. The standard InChI is InChI=1S/C20H28N2O4S/c1-12(2)9-15(19(24)21-14-6-7-14)22-18(23)11-27-20(22)13-5-8-16(25-3)17(10-13)26-4/h5,8,10,12,14-15,20H,6-7,9,11H2,1-4H3,(H,21,24). The second kappa shape index (κ2) is 8.42. The predicted octanol–water partition coefficient (Wildman–Crippen LogP) is 2.97. The molecule has 2 aliphatic rings. The number of nitrogens with zero attached hydrogens (tertiary/aromatic N) is 1. The predicted molar refractivity (Wildman–Crippen MR) is 106 cm³/mol. The van der Waals surface area contributed by atoms with E-state index in [0.717, 1.165) is 18.4 Å². The molecule has 0 bridgehead atoms. The van der Waals surface area contributed by atoms with Gasteiger partial charge in [0.2, 0.25) is 11.8 Å². The molecule has 2 unspecified atom stereocenters. The van der Waals surface area contributed by atoms with Crippen molar-refractivity contribution in [1.82, 2.24) is 10.2 Å². The van der Waals surface area contributed by atoms with E-state index in [4.69, 9.17) is 9.47 Å². The number of carbonyl (C=O) groups excluding carboxylic acids is 2. The van der Waals surface area contributed by atoms with Gasteiger partial charge in [-0.25, -0.2) is 0 Å². The summed E-state index contributed by atoms with van der Waals surface area (Å²) in [6.45, 7) is 4.16. The maximum atomic E-state index is 12.9. The van der Waals surface area contributed by atoms with Crippen molar-refractivity contribution in [3.05, 3.63) is 23.8 Å². The first-order chi connectivity index (χ1) is 12.9. The number of carbonyl (C=O) groups is 2. The van der Waals surface area contributed by atoms with Crippen LogP contribution < -0.4 is 14.8 Å². The monoisotopic (exact) mass is 392 g/mol. The minimum absolute atomic E-state index is 0.0105. The molecule has 1 saturated carbocycles. The molecule has 2 amide bonds. The Morgan fingerprint density at radius 3 is 2.56 bits per heavy atom. The molecule has 7 heteroatoms. The fraction of sp³-hybridized carbons (Fsp3) is 0.600. The number of amides is 2.